The summed E-state index contributed by atoms with van der Waals surface area (Å²) in [6, 6.07) is 98.7. The minimum absolute atomic E-state index is 1.12. The molecule has 0 aliphatic heterocycles. The zero-order valence-electron chi connectivity index (χ0n) is 41.3. The Hall–Kier alpha value is -9.38. The van der Waals surface area contributed by atoms with E-state index < -0.39 is 0 Å². The predicted octanol–water partition coefficient (Wildman–Crippen LogP) is 19.1. The summed E-state index contributed by atoms with van der Waals surface area (Å²) in [5.74, 6) is 0. The lowest BCUT2D eigenvalue weighted by atomic mass is 10.00. The smallest absolute Gasteiger partial charge is 0.0547 e. The molecule has 0 atom stereocenters. The van der Waals surface area contributed by atoms with Gasteiger partial charge in [0.25, 0.3) is 0 Å². The van der Waals surface area contributed by atoms with Crippen molar-refractivity contribution in [3.63, 3.8) is 0 Å². The van der Waals surface area contributed by atoms with E-state index >= 15 is 0 Å². The quantitative estimate of drug-likeness (QED) is 0.121. The van der Waals surface area contributed by atoms with Gasteiger partial charge in [-0.25, -0.2) is 0 Å². The molecule has 1 aromatic heterocycles. The van der Waals surface area contributed by atoms with Crippen molar-refractivity contribution in [3.8, 4) is 39.1 Å². The molecule has 12 rings (SSSR count). The SMILES string of the molecule is Cc1cccc(N(c2ccccc2)c2ccc(-c3ccc(N(C)c4ccccc4-c4ccc5c6ccccc6n(-c6ccc(-c7ccc(N(c8ccccc8)c8cccc(C)c8)cc7)cc6)c5c4)cc3)cc2)c1. The van der Waals surface area contributed by atoms with E-state index in [2.05, 4.69) is 313 Å². The first-order valence-electron chi connectivity index (χ1n) is 25.0. The molecule has 12 aromatic rings. The van der Waals surface area contributed by atoms with Crippen molar-refractivity contribution in [2.45, 2.75) is 13.8 Å². The van der Waals surface area contributed by atoms with E-state index in [4.69, 9.17) is 0 Å². The molecular weight excluding hydrogens is 885 g/mol. The largest absolute Gasteiger partial charge is 0.344 e. The van der Waals surface area contributed by atoms with E-state index in [-0.39, 0.29) is 0 Å². The highest BCUT2D eigenvalue weighted by molar-refractivity contribution is 6.10. The number of rotatable bonds is 12. The van der Waals surface area contributed by atoms with E-state index in [1.54, 1.807) is 0 Å². The molecule has 0 fully saturated rings. The van der Waals surface area contributed by atoms with Gasteiger partial charge in [-0.2, -0.15) is 0 Å². The minimum Gasteiger partial charge on any atom is -0.344 e. The molecule has 1 heterocycles. The van der Waals surface area contributed by atoms with Gasteiger partial charge in [-0.1, -0.05) is 158 Å². The maximum atomic E-state index is 2.42. The highest BCUT2D eigenvalue weighted by atomic mass is 15.1. The molecule has 0 spiro atoms. The molecule has 73 heavy (non-hydrogen) atoms. The van der Waals surface area contributed by atoms with Crippen LogP contribution in [0, 0.1) is 13.8 Å². The maximum Gasteiger partial charge on any atom is 0.0547 e. The second-order valence-electron chi connectivity index (χ2n) is 18.9. The summed E-state index contributed by atoms with van der Waals surface area (Å²) in [5.41, 5.74) is 22.0. The van der Waals surface area contributed by atoms with Crippen LogP contribution in [0.4, 0.5) is 45.5 Å². The third-order valence-electron chi connectivity index (χ3n) is 14.1. The molecule has 0 amide bonds. The van der Waals surface area contributed by atoms with Crippen molar-refractivity contribution in [1.82, 2.24) is 4.57 Å². The molecule has 350 valence electrons. The Morgan fingerprint density at radius 3 is 1.23 bits per heavy atom. The highest BCUT2D eigenvalue weighted by Crippen LogP contribution is 2.41. The fourth-order valence-corrected chi connectivity index (χ4v) is 10.4. The zero-order valence-corrected chi connectivity index (χ0v) is 41.3. The van der Waals surface area contributed by atoms with Crippen molar-refractivity contribution >= 4 is 67.3 Å². The topological polar surface area (TPSA) is 14.7 Å². The van der Waals surface area contributed by atoms with Crippen LogP contribution in [0.25, 0.3) is 60.9 Å². The Balaban J connectivity index is 0.822. The summed E-state index contributed by atoms with van der Waals surface area (Å²) < 4.78 is 2.42. The number of para-hydroxylation sites is 4. The lowest BCUT2D eigenvalue weighted by Crippen LogP contribution is -2.10. The van der Waals surface area contributed by atoms with Crippen molar-refractivity contribution in [1.29, 1.82) is 0 Å². The van der Waals surface area contributed by atoms with Crippen LogP contribution >= 0.6 is 0 Å². The maximum absolute atomic E-state index is 2.42. The summed E-state index contributed by atoms with van der Waals surface area (Å²) in [5, 5.41) is 2.47. The molecule has 4 nitrogen and oxygen atoms in total. The van der Waals surface area contributed by atoms with Gasteiger partial charge in [0, 0.05) is 74.6 Å². The highest BCUT2D eigenvalue weighted by Gasteiger charge is 2.18. The minimum atomic E-state index is 1.12. The van der Waals surface area contributed by atoms with Crippen LogP contribution < -0.4 is 14.7 Å². The summed E-state index contributed by atoms with van der Waals surface area (Å²) in [6.07, 6.45) is 0. The van der Waals surface area contributed by atoms with Gasteiger partial charge < -0.3 is 19.3 Å². The number of aryl methyl sites for hydroxylation is 2. The number of fused-ring (bicyclic) bond motifs is 3. The van der Waals surface area contributed by atoms with Gasteiger partial charge in [-0.05, 0) is 168 Å². The Kier molecular flexibility index (Phi) is 11.9. The first-order chi connectivity index (χ1) is 35.9. The van der Waals surface area contributed by atoms with Crippen LogP contribution in [0.3, 0.4) is 0 Å². The second-order valence-corrected chi connectivity index (χ2v) is 18.9. The standard InChI is InChI=1S/C69H54N4/c1-49-16-14-22-62(46-49)71(57-18-6-4-7-19-57)59-39-30-52(31-40-59)51-28-37-56(38-29-51)70(3)67-26-12-10-24-64(67)55-36-45-66-65-25-11-13-27-68(65)73(69(66)48-55)61-43-34-54(35-44-61)53-32-41-60(42-33-53)72(58-20-8-5-9-21-58)63-23-15-17-50(2)47-63/h4-48H,1-3H3. The number of hydrogen-bond donors (Lipinski definition) is 0. The Morgan fingerprint density at radius 2 is 0.699 bits per heavy atom. The van der Waals surface area contributed by atoms with Gasteiger partial charge in [0.1, 0.15) is 0 Å². The Labute approximate surface area is 428 Å². The fraction of sp³-hybridized carbons (Fsp3) is 0.0435. The lowest BCUT2D eigenvalue weighted by Gasteiger charge is -2.26. The van der Waals surface area contributed by atoms with Gasteiger partial charge in [0.2, 0.25) is 0 Å². The third kappa shape index (κ3) is 8.81. The van der Waals surface area contributed by atoms with Gasteiger partial charge in [0.15, 0.2) is 0 Å². The first-order valence-corrected chi connectivity index (χ1v) is 25.0. The van der Waals surface area contributed by atoms with Crippen LogP contribution in [-0.4, -0.2) is 11.6 Å². The van der Waals surface area contributed by atoms with E-state index in [0.717, 1.165) is 56.7 Å². The van der Waals surface area contributed by atoms with Crippen LogP contribution in [0.1, 0.15) is 11.1 Å². The number of hydrogen-bond acceptors (Lipinski definition) is 3. The summed E-state index contributed by atoms with van der Waals surface area (Å²) in [6.45, 7) is 4.29. The average Bonchev–Trinajstić information content (AvgIpc) is 3.78. The summed E-state index contributed by atoms with van der Waals surface area (Å²) in [4.78, 5) is 6.93. The van der Waals surface area contributed by atoms with Crippen LogP contribution in [-0.2, 0) is 0 Å². The van der Waals surface area contributed by atoms with Crippen LogP contribution in [0.5, 0.6) is 0 Å². The number of nitrogens with zero attached hydrogens (tertiary/aromatic N) is 4. The molecule has 0 saturated heterocycles. The Bertz CT molecular complexity index is 3860. The molecule has 0 aliphatic carbocycles. The number of aromatic nitrogens is 1. The molecule has 4 heteroatoms. The monoisotopic (exact) mass is 938 g/mol. The molecule has 0 unspecified atom stereocenters. The zero-order chi connectivity index (χ0) is 49.3. The van der Waals surface area contributed by atoms with Crippen molar-refractivity contribution < 1.29 is 0 Å². The molecule has 0 N–H and O–H groups in total. The van der Waals surface area contributed by atoms with Crippen LogP contribution in [0.15, 0.2) is 273 Å². The first kappa shape index (κ1) is 44.8. The van der Waals surface area contributed by atoms with E-state index in [9.17, 15) is 0 Å². The van der Waals surface area contributed by atoms with Crippen molar-refractivity contribution in [2.75, 3.05) is 21.7 Å². The predicted molar refractivity (Wildman–Crippen MR) is 310 cm³/mol. The fourth-order valence-electron chi connectivity index (χ4n) is 10.4. The molecule has 11 aromatic carbocycles. The van der Waals surface area contributed by atoms with Crippen molar-refractivity contribution in [2.24, 2.45) is 0 Å². The summed E-state index contributed by atoms with van der Waals surface area (Å²) >= 11 is 0. The van der Waals surface area contributed by atoms with E-state index in [1.807, 2.05) is 0 Å². The summed E-state index contributed by atoms with van der Waals surface area (Å²) in [7, 11) is 2.17. The number of benzene rings is 11. The lowest BCUT2D eigenvalue weighted by molar-refractivity contribution is 1.18. The van der Waals surface area contributed by atoms with E-state index in [0.29, 0.717) is 0 Å². The molecule has 0 bridgehead atoms. The van der Waals surface area contributed by atoms with Gasteiger partial charge in [0.05, 0.1) is 11.0 Å². The average molecular weight is 939 g/mol. The Morgan fingerprint density at radius 1 is 0.288 bits per heavy atom. The third-order valence-corrected chi connectivity index (χ3v) is 14.1. The number of anilines is 8. The van der Waals surface area contributed by atoms with Gasteiger partial charge >= 0.3 is 0 Å². The second kappa shape index (κ2) is 19.4. The van der Waals surface area contributed by atoms with Gasteiger partial charge in [-0.15, -0.1) is 0 Å². The normalized spacial score (nSPS) is 11.2. The molecular formula is C69H54N4. The molecule has 0 saturated carbocycles. The van der Waals surface area contributed by atoms with Gasteiger partial charge in [-0.3, -0.25) is 0 Å². The molecule has 0 aliphatic rings. The molecule has 0 radical (unpaired) electrons. The van der Waals surface area contributed by atoms with E-state index in [1.165, 1.54) is 60.8 Å². The van der Waals surface area contributed by atoms with Crippen LogP contribution in [0.2, 0.25) is 0 Å². The van der Waals surface area contributed by atoms with Crippen molar-refractivity contribution in [3.05, 3.63) is 284 Å².